The van der Waals surface area contributed by atoms with Gasteiger partial charge in [-0.3, -0.25) is 4.79 Å². The SMILES string of the molecule is O=C(Nc1c(F)cc(Br)cc1F)c1ccc(O)cc1O. The third-order valence-corrected chi connectivity index (χ3v) is 2.93. The highest BCUT2D eigenvalue weighted by atomic mass is 79.9. The summed E-state index contributed by atoms with van der Waals surface area (Å²) in [7, 11) is 0. The summed E-state index contributed by atoms with van der Waals surface area (Å²) in [5, 5.41) is 20.6. The monoisotopic (exact) mass is 343 g/mol. The van der Waals surface area contributed by atoms with Gasteiger partial charge in [-0.05, 0) is 24.3 Å². The number of nitrogens with one attached hydrogen (secondary N) is 1. The lowest BCUT2D eigenvalue weighted by Gasteiger charge is -2.09. The number of benzene rings is 2. The molecule has 2 rings (SSSR count). The van der Waals surface area contributed by atoms with Gasteiger partial charge in [-0.1, -0.05) is 15.9 Å². The zero-order valence-electron chi connectivity index (χ0n) is 9.82. The Morgan fingerprint density at radius 1 is 1.10 bits per heavy atom. The molecule has 0 atom stereocenters. The Morgan fingerprint density at radius 3 is 2.25 bits per heavy atom. The molecule has 0 fully saturated rings. The Kier molecular flexibility index (Phi) is 3.89. The van der Waals surface area contributed by atoms with Crippen LogP contribution in [-0.2, 0) is 0 Å². The standard InChI is InChI=1S/C13H8BrF2NO3/c14-6-3-9(15)12(10(16)4-6)17-13(20)8-2-1-7(18)5-11(8)19/h1-5,18-19H,(H,17,20). The Bertz CT molecular complexity index is 668. The second-order valence-electron chi connectivity index (χ2n) is 3.90. The van der Waals surface area contributed by atoms with Crippen LogP contribution < -0.4 is 5.32 Å². The van der Waals surface area contributed by atoms with E-state index in [9.17, 15) is 18.7 Å². The van der Waals surface area contributed by atoms with Gasteiger partial charge in [0, 0.05) is 10.5 Å². The first-order valence-corrected chi connectivity index (χ1v) is 6.15. The van der Waals surface area contributed by atoms with Crippen molar-refractivity contribution in [2.45, 2.75) is 0 Å². The lowest BCUT2D eigenvalue weighted by molar-refractivity contribution is 0.102. The number of hydrogen-bond donors (Lipinski definition) is 3. The Hall–Kier alpha value is -2.15. The van der Waals surface area contributed by atoms with Crippen LogP contribution in [0.5, 0.6) is 11.5 Å². The lowest BCUT2D eigenvalue weighted by Crippen LogP contribution is -2.14. The quantitative estimate of drug-likeness (QED) is 0.782. The minimum atomic E-state index is -0.955. The van der Waals surface area contributed by atoms with Gasteiger partial charge < -0.3 is 15.5 Å². The summed E-state index contributed by atoms with van der Waals surface area (Å²) in [5.74, 6) is -3.55. The van der Waals surface area contributed by atoms with Crippen molar-refractivity contribution in [2.24, 2.45) is 0 Å². The second-order valence-corrected chi connectivity index (χ2v) is 4.82. The van der Waals surface area contributed by atoms with Crippen molar-refractivity contribution in [3.8, 4) is 11.5 Å². The highest BCUT2D eigenvalue weighted by molar-refractivity contribution is 9.10. The molecule has 1 amide bonds. The molecule has 20 heavy (non-hydrogen) atoms. The Balaban J connectivity index is 2.33. The van der Waals surface area contributed by atoms with Gasteiger partial charge in [0.05, 0.1) is 5.56 Å². The fourth-order valence-electron chi connectivity index (χ4n) is 1.55. The van der Waals surface area contributed by atoms with Crippen LogP contribution >= 0.6 is 15.9 Å². The highest BCUT2D eigenvalue weighted by Crippen LogP contribution is 2.27. The van der Waals surface area contributed by atoms with E-state index in [4.69, 9.17) is 5.11 Å². The molecule has 2 aromatic carbocycles. The molecule has 4 nitrogen and oxygen atoms in total. The van der Waals surface area contributed by atoms with Gasteiger partial charge in [-0.2, -0.15) is 0 Å². The van der Waals surface area contributed by atoms with Gasteiger partial charge in [0.25, 0.3) is 5.91 Å². The molecule has 0 spiro atoms. The van der Waals surface area contributed by atoms with Crippen LogP contribution in [0.4, 0.5) is 14.5 Å². The molecule has 0 bridgehead atoms. The highest BCUT2D eigenvalue weighted by Gasteiger charge is 2.17. The molecule has 104 valence electrons. The summed E-state index contributed by atoms with van der Waals surface area (Å²) in [6, 6.07) is 5.24. The number of anilines is 1. The number of carbonyl (C=O) groups is 1. The van der Waals surface area contributed by atoms with Crippen molar-refractivity contribution in [3.63, 3.8) is 0 Å². The largest absolute Gasteiger partial charge is 0.508 e. The number of rotatable bonds is 2. The predicted molar refractivity (Wildman–Crippen MR) is 71.8 cm³/mol. The molecule has 0 unspecified atom stereocenters. The van der Waals surface area contributed by atoms with Crippen molar-refractivity contribution >= 4 is 27.5 Å². The Labute approximate surface area is 120 Å². The van der Waals surface area contributed by atoms with E-state index in [-0.39, 0.29) is 15.8 Å². The smallest absolute Gasteiger partial charge is 0.259 e. The number of hydrogen-bond acceptors (Lipinski definition) is 3. The summed E-state index contributed by atoms with van der Waals surface area (Å²) >= 11 is 2.92. The van der Waals surface area contributed by atoms with Gasteiger partial charge in [-0.25, -0.2) is 8.78 Å². The summed E-state index contributed by atoms with van der Waals surface area (Å²) in [6.45, 7) is 0. The molecular formula is C13H8BrF2NO3. The Morgan fingerprint density at radius 2 is 1.70 bits per heavy atom. The number of aromatic hydroxyl groups is 2. The minimum Gasteiger partial charge on any atom is -0.508 e. The maximum atomic E-state index is 13.6. The number of amides is 1. The van der Waals surface area contributed by atoms with Gasteiger partial charge in [0.2, 0.25) is 0 Å². The first-order chi connectivity index (χ1) is 9.38. The summed E-state index contributed by atoms with van der Waals surface area (Å²) in [6.07, 6.45) is 0. The first kappa shape index (κ1) is 14.3. The molecule has 7 heteroatoms. The third kappa shape index (κ3) is 2.88. The van der Waals surface area contributed by atoms with Crippen LogP contribution in [0.25, 0.3) is 0 Å². The van der Waals surface area contributed by atoms with Crippen LogP contribution in [-0.4, -0.2) is 16.1 Å². The van der Waals surface area contributed by atoms with E-state index in [1.807, 2.05) is 5.32 Å². The molecule has 0 aromatic heterocycles. The topological polar surface area (TPSA) is 69.6 Å². The number of carbonyl (C=O) groups excluding carboxylic acids is 1. The molecule has 0 saturated heterocycles. The molecule has 3 N–H and O–H groups in total. The summed E-state index contributed by atoms with van der Waals surface area (Å²) in [4.78, 5) is 11.8. The van der Waals surface area contributed by atoms with E-state index >= 15 is 0 Å². The zero-order valence-corrected chi connectivity index (χ0v) is 11.4. The average Bonchev–Trinajstić information content (AvgIpc) is 2.33. The van der Waals surface area contributed by atoms with Crippen LogP contribution in [0.15, 0.2) is 34.8 Å². The number of phenolic OH excluding ortho intramolecular Hbond substituents is 2. The molecular weight excluding hydrogens is 336 g/mol. The summed E-state index contributed by atoms with van der Waals surface area (Å²) < 4.78 is 27.3. The summed E-state index contributed by atoms with van der Waals surface area (Å²) in [5.41, 5.74) is -0.838. The van der Waals surface area contributed by atoms with Crippen LogP contribution in [0, 0.1) is 11.6 Å². The van der Waals surface area contributed by atoms with E-state index in [1.165, 1.54) is 6.07 Å². The van der Waals surface area contributed by atoms with Crippen molar-refractivity contribution in [1.29, 1.82) is 0 Å². The molecule has 0 saturated carbocycles. The third-order valence-electron chi connectivity index (χ3n) is 2.47. The van der Waals surface area contributed by atoms with E-state index in [0.717, 1.165) is 24.3 Å². The zero-order chi connectivity index (χ0) is 14.9. The molecule has 0 heterocycles. The second kappa shape index (κ2) is 5.46. The van der Waals surface area contributed by atoms with Crippen molar-refractivity contribution < 1.29 is 23.8 Å². The molecule has 0 aliphatic heterocycles. The van der Waals surface area contributed by atoms with E-state index < -0.39 is 29.0 Å². The van der Waals surface area contributed by atoms with Crippen LogP contribution in [0.2, 0.25) is 0 Å². The molecule has 0 radical (unpaired) electrons. The normalized spacial score (nSPS) is 10.3. The number of halogens is 3. The molecule has 2 aromatic rings. The fraction of sp³-hybridized carbons (Fsp3) is 0. The average molecular weight is 344 g/mol. The van der Waals surface area contributed by atoms with Crippen molar-refractivity contribution in [2.75, 3.05) is 5.32 Å². The van der Waals surface area contributed by atoms with E-state index in [1.54, 1.807) is 0 Å². The van der Waals surface area contributed by atoms with Gasteiger partial charge in [0.15, 0.2) is 11.6 Å². The van der Waals surface area contributed by atoms with Crippen molar-refractivity contribution in [3.05, 3.63) is 52.0 Å². The van der Waals surface area contributed by atoms with Gasteiger partial charge in [0.1, 0.15) is 17.2 Å². The molecule has 0 aliphatic rings. The lowest BCUT2D eigenvalue weighted by atomic mass is 10.1. The van der Waals surface area contributed by atoms with Gasteiger partial charge >= 0.3 is 0 Å². The van der Waals surface area contributed by atoms with E-state index in [0.29, 0.717) is 0 Å². The van der Waals surface area contributed by atoms with Crippen molar-refractivity contribution in [1.82, 2.24) is 0 Å². The van der Waals surface area contributed by atoms with Crippen LogP contribution in [0.3, 0.4) is 0 Å². The first-order valence-electron chi connectivity index (χ1n) is 5.36. The maximum Gasteiger partial charge on any atom is 0.259 e. The molecule has 0 aliphatic carbocycles. The number of phenols is 2. The maximum absolute atomic E-state index is 13.6. The predicted octanol–water partition coefficient (Wildman–Crippen LogP) is 3.39. The van der Waals surface area contributed by atoms with E-state index in [2.05, 4.69) is 15.9 Å². The fourth-order valence-corrected chi connectivity index (χ4v) is 1.96. The minimum absolute atomic E-state index is 0.193. The van der Waals surface area contributed by atoms with Gasteiger partial charge in [-0.15, -0.1) is 0 Å². The van der Waals surface area contributed by atoms with Crippen LogP contribution in [0.1, 0.15) is 10.4 Å².